The maximum absolute atomic E-state index is 11.6. The number of esters is 1. The van der Waals surface area contributed by atoms with E-state index >= 15 is 0 Å². The van der Waals surface area contributed by atoms with Crippen molar-refractivity contribution in [2.75, 3.05) is 6.61 Å². The number of phenols is 1. The van der Waals surface area contributed by atoms with Crippen molar-refractivity contribution in [2.24, 2.45) is 5.92 Å². The minimum absolute atomic E-state index is 0.0737. The number of benzene rings is 1. The summed E-state index contributed by atoms with van der Waals surface area (Å²) in [5.41, 5.74) is 3.16. The summed E-state index contributed by atoms with van der Waals surface area (Å²) in [5.74, 6) is 0.108. The molecule has 1 aliphatic carbocycles. The van der Waals surface area contributed by atoms with Crippen LogP contribution in [0.2, 0.25) is 0 Å². The van der Waals surface area contributed by atoms with Gasteiger partial charge in [0, 0.05) is 0 Å². The van der Waals surface area contributed by atoms with Crippen LogP contribution in [0.25, 0.3) is 0 Å². The lowest BCUT2D eigenvalue weighted by Crippen LogP contribution is -2.17. The van der Waals surface area contributed by atoms with Crippen LogP contribution < -0.4 is 0 Å². The Morgan fingerprint density at radius 3 is 2.94 bits per heavy atom. The van der Waals surface area contributed by atoms with Gasteiger partial charge in [-0.1, -0.05) is 6.07 Å². The molecule has 16 heavy (non-hydrogen) atoms. The van der Waals surface area contributed by atoms with Gasteiger partial charge in [-0.2, -0.15) is 0 Å². The second-order valence-electron chi connectivity index (χ2n) is 4.20. The fraction of sp³-hybridized carbons (Fsp3) is 0.462. The van der Waals surface area contributed by atoms with Crippen LogP contribution in [-0.2, 0) is 22.4 Å². The Hall–Kier alpha value is -1.51. The number of fused-ring (bicyclic) bond motifs is 1. The summed E-state index contributed by atoms with van der Waals surface area (Å²) >= 11 is 0. The normalized spacial score (nSPS) is 18.2. The van der Waals surface area contributed by atoms with E-state index in [-0.39, 0.29) is 11.9 Å². The number of hydrogen-bond donors (Lipinski definition) is 1. The van der Waals surface area contributed by atoms with Gasteiger partial charge in [0.25, 0.3) is 0 Å². The molecule has 0 aromatic heterocycles. The average Bonchev–Trinajstić information content (AvgIpc) is 2.69. The molecule has 1 unspecified atom stereocenters. The molecule has 2 rings (SSSR count). The fourth-order valence-corrected chi connectivity index (χ4v) is 2.29. The van der Waals surface area contributed by atoms with Crippen LogP contribution in [-0.4, -0.2) is 17.7 Å². The van der Waals surface area contributed by atoms with Crippen molar-refractivity contribution in [2.45, 2.75) is 26.7 Å². The van der Waals surface area contributed by atoms with E-state index in [1.165, 1.54) is 0 Å². The van der Waals surface area contributed by atoms with Gasteiger partial charge in [-0.05, 0) is 49.4 Å². The van der Waals surface area contributed by atoms with Gasteiger partial charge < -0.3 is 9.84 Å². The first-order valence-corrected chi connectivity index (χ1v) is 5.60. The number of rotatable bonds is 2. The number of hydrogen-bond acceptors (Lipinski definition) is 3. The van der Waals surface area contributed by atoms with Crippen molar-refractivity contribution in [1.82, 2.24) is 0 Å². The highest BCUT2D eigenvalue weighted by molar-refractivity contribution is 5.75. The molecule has 0 fully saturated rings. The predicted octanol–water partition coefficient (Wildman–Crippen LogP) is 1.98. The van der Waals surface area contributed by atoms with E-state index in [9.17, 15) is 9.90 Å². The van der Waals surface area contributed by atoms with Crippen LogP contribution in [0.4, 0.5) is 0 Å². The lowest BCUT2D eigenvalue weighted by atomic mass is 10.0. The number of ether oxygens (including phenoxy) is 1. The highest BCUT2D eigenvalue weighted by Gasteiger charge is 2.29. The van der Waals surface area contributed by atoms with E-state index in [4.69, 9.17) is 4.74 Å². The highest BCUT2D eigenvalue weighted by Crippen LogP contribution is 2.33. The quantitative estimate of drug-likeness (QED) is 0.775. The summed E-state index contributed by atoms with van der Waals surface area (Å²) in [7, 11) is 0. The van der Waals surface area contributed by atoms with E-state index in [0.29, 0.717) is 18.8 Å². The smallest absolute Gasteiger partial charge is 0.309 e. The first kappa shape index (κ1) is 11.0. The zero-order valence-electron chi connectivity index (χ0n) is 9.62. The van der Waals surface area contributed by atoms with E-state index in [2.05, 4.69) is 0 Å². The Balaban J connectivity index is 2.21. The molecule has 1 atom stereocenters. The maximum Gasteiger partial charge on any atom is 0.309 e. The second kappa shape index (κ2) is 4.16. The molecule has 0 saturated heterocycles. The van der Waals surface area contributed by atoms with Gasteiger partial charge in [0.15, 0.2) is 0 Å². The molecule has 0 radical (unpaired) electrons. The monoisotopic (exact) mass is 220 g/mol. The molecule has 3 nitrogen and oxygen atoms in total. The third-order valence-electron chi connectivity index (χ3n) is 3.20. The lowest BCUT2D eigenvalue weighted by molar-refractivity contribution is -0.147. The van der Waals surface area contributed by atoms with Crippen molar-refractivity contribution in [3.05, 3.63) is 28.8 Å². The molecule has 0 saturated carbocycles. The SMILES string of the molecule is CCOC(=O)C1Cc2ccc(O)c(C)c2C1. The van der Waals surface area contributed by atoms with Crippen LogP contribution in [0.1, 0.15) is 23.6 Å². The van der Waals surface area contributed by atoms with Crippen LogP contribution >= 0.6 is 0 Å². The van der Waals surface area contributed by atoms with Gasteiger partial charge in [0.05, 0.1) is 12.5 Å². The first-order valence-electron chi connectivity index (χ1n) is 5.60. The molecule has 1 aromatic carbocycles. The molecule has 0 bridgehead atoms. The Bertz CT molecular complexity index is 423. The van der Waals surface area contributed by atoms with Crippen LogP contribution in [0.15, 0.2) is 12.1 Å². The van der Waals surface area contributed by atoms with Crippen molar-refractivity contribution < 1.29 is 14.6 Å². The number of carbonyl (C=O) groups is 1. The van der Waals surface area contributed by atoms with Gasteiger partial charge >= 0.3 is 5.97 Å². The number of carbonyl (C=O) groups excluding carboxylic acids is 1. The van der Waals surface area contributed by atoms with Crippen LogP contribution in [0, 0.1) is 12.8 Å². The van der Waals surface area contributed by atoms with E-state index in [0.717, 1.165) is 23.1 Å². The molecule has 3 heteroatoms. The Morgan fingerprint density at radius 2 is 2.25 bits per heavy atom. The minimum atomic E-state index is -0.127. The highest BCUT2D eigenvalue weighted by atomic mass is 16.5. The zero-order valence-corrected chi connectivity index (χ0v) is 9.62. The molecule has 1 aromatic rings. The summed E-state index contributed by atoms with van der Waals surface area (Å²) in [6.07, 6.45) is 1.42. The molecular formula is C13H16O3. The average molecular weight is 220 g/mol. The standard InChI is InChI=1S/C13H16O3/c1-3-16-13(15)10-6-9-4-5-12(14)8(2)11(9)7-10/h4-5,10,14H,3,6-7H2,1-2H3. The van der Waals surface area contributed by atoms with Crippen molar-refractivity contribution in [3.8, 4) is 5.75 Å². The number of phenolic OH excluding ortho intramolecular Hbond substituents is 1. The minimum Gasteiger partial charge on any atom is -0.508 e. The molecular weight excluding hydrogens is 204 g/mol. The fourth-order valence-electron chi connectivity index (χ4n) is 2.29. The van der Waals surface area contributed by atoms with Crippen LogP contribution in [0.5, 0.6) is 5.75 Å². The van der Waals surface area contributed by atoms with E-state index < -0.39 is 0 Å². The largest absolute Gasteiger partial charge is 0.508 e. The summed E-state index contributed by atoms with van der Waals surface area (Å²) in [6, 6.07) is 3.60. The molecule has 0 amide bonds. The molecule has 0 heterocycles. The van der Waals surface area contributed by atoms with E-state index in [1.807, 2.05) is 19.9 Å². The summed E-state index contributed by atoms with van der Waals surface area (Å²) in [6.45, 7) is 4.13. The Labute approximate surface area is 95.0 Å². The lowest BCUT2D eigenvalue weighted by Gasteiger charge is -2.07. The van der Waals surface area contributed by atoms with Crippen LogP contribution in [0.3, 0.4) is 0 Å². The summed E-state index contributed by atoms with van der Waals surface area (Å²) < 4.78 is 5.03. The van der Waals surface area contributed by atoms with Crippen molar-refractivity contribution in [3.63, 3.8) is 0 Å². The van der Waals surface area contributed by atoms with Gasteiger partial charge in [-0.3, -0.25) is 4.79 Å². The first-order chi connectivity index (χ1) is 7.63. The summed E-state index contributed by atoms with van der Waals surface area (Å²) in [4.78, 5) is 11.6. The molecule has 0 spiro atoms. The van der Waals surface area contributed by atoms with Gasteiger partial charge in [-0.25, -0.2) is 0 Å². The third kappa shape index (κ3) is 1.77. The predicted molar refractivity (Wildman–Crippen MR) is 60.4 cm³/mol. The van der Waals surface area contributed by atoms with E-state index in [1.54, 1.807) is 6.07 Å². The zero-order chi connectivity index (χ0) is 11.7. The summed E-state index contributed by atoms with van der Waals surface area (Å²) in [5, 5.41) is 9.60. The van der Waals surface area contributed by atoms with Crippen molar-refractivity contribution in [1.29, 1.82) is 0 Å². The van der Waals surface area contributed by atoms with Gasteiger partial charge in [0.1, 0.15) is 5.75 Å². The Kier molecular flexibility index (Phi) is 2.86. The molecule has 0 aliphatic heterocycles. The molecule has 86 valence electrons. The maximum atomic E-state index is 11.6. The van der Waals surface area contributed by atoms with Gasteiger partial charge in [-0.15, -0.1) is 0 Å². The topological polar surface area (TPSA) is 46.5 Å². The van der Waals surface area contributed by atoms with Crippen molar-refractivity contribution >= 4 is 5.97 Å². The third-order valence-corrected chi connectivity index (χ3v) is 3.20. The number of aromatic hydroxyl groups is 1. The molecule has 1 N–H and O–H groups in total. The molecule has 1 aliphatic rings. The second-order valence-corrected chi connectivity index (χ2v) is 4.20. The Morgan fingerprint density at radius 1 is 1.50 bits per heavy atom. The van der Waals surface area contributed by atoms with Gasteiger partial charge in [0.2, 0.25) is 0 Å².